The van der Waals surface area contributed by atoms with Gasteiger partial charge < -0.3 is 20.3 Å². The Morgan fingerprint density at radius 1 is 0.947 bits per heavy atom. The highest BCUT2D eigenvalue weighted by molar-refractivity contribution is 5.94. The number of anilines is 1. The number of hydrogen-bond donors (Lipinski definition) is 2. The third-order valence-corrected chi connectivity index (χ3v) is 5.86. The molecule has 0 saturated carbocycles. The lowest BCUT2D eigenvalue weighted by molar-refractivity contribution is -0.116. The van der Waals surface area contributed by atoms with Crippen LogP contribution < -0.4 is 15.4 Å². The summed E-state index contributed by atoms with van der Waals surface area (Å²) in [4.78, 5) is 27.7. The highest BCUT2D eigenvalue weighted by atomic mass is 16.5. The lowest BCUT2D eigenvalue weighted by Gasteiger charge is -2.24. The van der Waals surface area contributed by atoms with Crippen LogP contribution in [0.5, 0.6) is 5.75 Å². The van der Waals surface area contributed by atoms with Gasteiger partial charge in [0.2, 0.25) is 5.91 Å². The molecular formula is C30H33N5O3. The molecule has 196 valence electrons. The number of nitrogens with one attached hydrogen (secondary N) is 2. The zero-order valence-electron chi connectivity index (χ0n) is 21.9. The molecular weight excluding hydrogens is 478 g/mol. The van der Waals surface area contributed by atoms with Crippen LogP contribution in [-0.2, 0) is 11.3 Å². The van der Waals surface area contributed by atoms with Crippen molar-refractivity contribution < 1.29 is 14.3 Å². The minimum absolute atomic E-state index is 0.0900. The molecule has 3 amide bonds. The highest BCUT2D eigenvalue weighted by Crippen LogP contribution is 2.26. The quantitative estimate of drug-likeness (QED) is 0.300. The van der Waals surface area contributed by atoms with E-state index in [-0.39, 0.29) is 24.4 Å². The zero-order chi connectivity index (χ0) is 26.9. The van der Waals surface area contributed by atoms with Crippen LogP contribution >= 0.6 is 0 Å². The van der Waals surface area contributed by atoms with Gasteiger partial charge in [0.15, 0.2) is 0 Å². The summed E-state index contributed by atoms with van der Waals surface area (Å²) in [5.74, 6) is 1.11. The maximum absolute atomic E-state index is 13.2. The van der Waals surface area contributed by atoms with Gasteiger partial charge in [-0.3, -0.25) is 4.79 Å². The number of aromatic nitrogens is 2. The van der Waals surface area contributed by atoms with Gasteiger partial charge in [0.1, 0.15) is 18.1 Å². The molecule has 4 rings (SSSR count). The first-order valence-electron chi connectivity index (χ1n) is 12.6. The van der Waals surface area contributed by atoms with E-state index in [2.05, 4.69) is 10.6 Å². The van der Waals surface area contributed by atoms with Crippen LogP contribution in [-0.4, -0.2) is 46.8 Å². The summed E-state index contributed by atoms with van der Waals surface area (Å²) in [6.45, 7) is 4.77. The van der Waals surface area contributed by atoms with Gasteiger partial charge in [0.25, 0.3) is 0 Å². The summed E-state index contributed by atoms with van der Waals surface area (Å²) in [5.41, 5.74) is 3.41. The summed E-state index contributed by atoms with van der Waals surface area (Å²) in [6, 6.07) is 28.4. The monoisotopic (exact) mass is 511 g/mol. The van der Waals surface area contributed by atoms with Crippen LogP contribution in [0.1, 0.15) is 19.4 Å². The number of urea groups is 1. The number of hydrogen-bond acceptors (Lipinski definition) is 4. The van der Waals surface area contributed by atoms with Gasteiger partial charge in [-0.2, -0.15) is 5.10 Å². The lowest BCUT2D eigenvalue weighted by Crippen LogP contribution is -2.45. The molecule has 8 heteroatoms. The van der Waals surface area contributed by atoms with Crippen molar-refractivity contribution in [1.29, 1.82) is 0 Å². The van der Waals surface area contributed by atoms with Crippen molar-refractivity contribution in [3.63, 3.8) is 0 Å². The second-order valence-electron chi connectivity index (χ2n) is 9.36. The summed E-state index contributed by atoms with van der Waals surface area (Å²) in [7, 11) is 1.61. The maximum Gasteiger partial charge on any atom is 0.318 e. The second kappa shape index (κ2) is 12.6. The molecule has 0 aliphatic carbocycles. The van der Waals surface area contributed by atoms with Crippen LogP contribution in [0.25, 0.3) is 16.9 Å². The van der Waals surface area contributed by atoms with Gasteiger partial charge >= 0.3 is 6.03 Å². The molecule has 8 nitrogen and oxygen atoms in total. The van der Waals surface area contributed by atoms with Gasteiger partial charge in [0, 0.05) is 24.7 Å². The predicted molar refractivity (Wildman–Crippen MR) is 149 cm³/mol. The minimum atomic E-state index is -0.310. The third kappa shape index (κ3) is 7.00. The van der Waals surface area contributed by atoms with E-state index < -0.39 is 0 Å². The molecule has 0 aliphatic rings. The van der Waals surface area contributed by atoms with Crippen molar-refractivity contribution in [3.8, 4) is 22.7 Å². The first-order chi connectivity index (χ1) is 18.4. The summed E-state index contributed by atoms with van der Waals surface area (Å²) in [5, 5.41) is 10.6. The van der Waals surface area contributed by atoms with E-state index in [1.54, 1.807) is 11.8 Å². The Kier molecular flexibility index (Phi) is 8.77. The fourth-order valence-corrected chi connectivity index (χ4v) is 4.04. The van der Waals surface area contributed by atoms with Crippen molar-refractivity contribution in [2.75, 3.05) is 25.5 Å². The van der Waals surface area contributed by atoms with Crippen molar-refractivity contribution in [3.05, 3.63) is 96.6 Å². The van der Waals surface area contributed by atoms with Crippen molar-refractivity contribution in [2.45, 2.75) is 20.4 Å². The maximum atomic E-state index is 13.2. The molecule has 1 heterocycles. The van der Waals surface area contributed by atoms with E-state index in [9.17, 15) is 9.59 Å². The molecule has 0 unspecified atom stereocenters. The standard InChI is InChI=1S/C30H33N5O3/c1-22(2)20-34(30(37)31-19-23-10-6-4-7-11-23)21-29(36)32-28-18-27(24-12-8-5-9-13-24)33-35(28)25-14-16-26(38-3)17-15-25/h4-18,22H,19-21H2,1-3H3,(H,31,37)(H,32,36). The fourth-order valence-electron chi connectivity index (χ4n) is 4.04. The second-order valence-corrected chi connectivity index (χ2v) is 9.36. The molecule has 3 aromatic carbocycles. The Balaban J connectivity index is 1.53. The van der Waals surface area contributed by atoms with E-state index >= 15 is 0 Å². The smallest absolute Gasteiger partial charge is 0.318 e. The topological polar surface area (TPSA) is 88.5 Å². The molecule has 0 atom stereocenters. The van der Waals surface area contributed by atoms with Gasteiger partial charge in [-0.05, 0) is 35.7 Å². The van der Waals surface area contributed by atoms with Gasteiger partial charge in [-0.25, -0.2) is 9.48 Å². The molecule has 0 bridgehead atoms. The van der Waals surface area contributed by atoms with E-state index in [4.69, 9.17) is 9.84 Å². The molecule has 0 spiro atoms. The first-order valence-corrected chi connectivity index (χ1v) is 12.6. The number of amides is 3. The number of carbonyl (C=O) groups excluding carboxylic acids is 2. The first kappa shape index (κ1) is 26.5. The summed E-state index contributed by atoms with van der Waals surface area (Å²) < 4.78 is 6.96. The minimum Gasteiger partial charge on any atom is -0.497 e. The normalized spacial score (nSPS) is 10.7. The number of carbonyl (C=O) groups is 2. The highest BCUT2D eigenvalue weighted by Gasteiger charge is 2.20. The Labute approximate surface area is 223 Å². The SMILES string of the molecule is COc1ccc(-n2nc(-c3ccccc3)cc2NC(=O)CN(CC(C)C)C(=O)NCc2ccccc2)cc1. The van der Waals surface area contributed by atoms with Crippen LogP contribution in [0.15, 0.2) is 91.0 Å². The Morgan fingerprint density at radius 3 is 2.24 bits per heavy atom. The predicted octanol–water partition coefficient (Wildman–Crippen LogP) is 5.35. The van der Waals surface area contributed by atoms with Crippen molar-refractivity contribution in [2.24, 2.45) is 5.92 Å². The average Bonchev–Trinajstić information content (AvgIpc) is 3.35. The molecule has 0 fully saturated rings. The van der Waals surface area contributed by atoms with E-state index in [0.29, 0.717) is 18.9 Å². The van der Waals surface area contributed by atoms with Gasteiger partial charge in [-0.15, -0.1) is 0 Å². The largest absolute Gasteiger partial charge is 0.497 e. The number of ether oxygens (including phenoxy) is 1. The Morgan fingerprint density at radius 2 is 1.61 bits per heavy atom. The summed E-state index contributed by atoms with van der Waals surface area (Å²) >= 11 is 0. The Bertz CT molecular complexity index is 1340. The van der Waals surface area contributed by atoms with Gasteiger partial charge in [-0.1, -0.05) is 74.5 Å². The number of benzene rings is 3. The molecule has 0 saturated heterocycles. The van der Waals surface area contributed by atoms with E-state index in [1.165, 1.54) is 4.90 Å². The lowest BCUT2D eigenvalue weighted by atomic mass is 10.1. The van der Waals surface area contributed by atoms with Crippen LogP contribution in [0, 0.1) is 5.92 Å². The van der Waals surface area contributed by atoms with Crippen LogP contribution in [0.4, 0.5) is 10.6 Å². The Hall–Kier alpha value is -4.59. The molecule has 4 aromatic rings. The number of methoxy groups -OCH3 is 1. The zero-order valence-corrected chi connectivity index (χ0v) is 21.9. The van der Waals surface area contributed by atoms with E-state index in [0.717, 1.165) is 28.3 Å². The van der Waals surface area contributed by atoms with Crippen molar-refractivity contribution in [1.82, 2.24) is 20.0 Å². The summed E-state index contributed by atoms with van der Waals surface area (Å²) in [6.07, 6.45) is 0. The van der Waals surface area contributed by atoms with Crippen molar-refractivity contribution >= 4 is 17.8 Å². The fraction of sp³-hybridized carbons (Fsp3) is 0.233. The number of nitrogens with zero attached hydrogens (tertiary/aromatic N) is 3. The van der Waals surface area contributed by atoms with Gasteiger partial charge in [0.05, 0.1) is 18.5 Å². The molecule has 0 radical (unpaired) electrons. The third-order valence-electron chi connectivity index (χ3n) is 5.86. The van der Waals surface area contributed by atoms with Crippen LogP contribution in [0.3, 0.4) is 0 Å². The van der Waals surface area contributed by atoms with Crippen LogP contribution in [0.2, 0.25) is 0 Å². The van der Waals surface area contributed by atoms with E-state index in [1.807, 2.05) is 105 Å². The molecule has 0 aliphatic heterocycles. The molecule has 1 aromatic heterocycles. The molecule has 2 N–H and O–H groups in total. The molecule has 38 heavy (non-hydrogen) atoms. The average molecular weight is 512 g/mol. The number of rotatable bonds is 10.